The summed E-state index contributed by atoms with van der Waals surface area (Å²) < 4.78 is 52.6. The molecule has 1 aromatic rings. The predicted octanol–water partition coefficient (Wildman–Crippen LogP) is 1.86. The number of sulfonamides is 1. The first-order valence-electron chi connectivity index (χ1n) is 7.28. The number of hydrogen-bond donors (Lipinski definition) is 2. The largest absolute Gasteiger partial charge is 0.355 e. The van der Waals surface area contributed by atoms with Gasteiger partial charge in [0.15, 0.2) is 4.90 Å². The van der Waals surface area contributed by atoms with Crippen LogP contribution in [0.4, 0.5) is 8.78 Å². The zero-order valence-corrected chi connectivity index (χ0v) is 13.3. The summed E-state index contributed by atoms with van der Waals surface area (Å²) in [5.41, 5.74) is 1.28. The first kappa shape index (κ1) is 17.6. The van der Waals surface area contributed by atoms with Crippen LogP contribution in [-0.4, -0.2) is 27.4 Å². The predicted molar refractivity (Wildman–Crippen MR) is 81.1 cm³/mol. The Hall–Kier alpha value is -1.80. The summed E-state index contributed by atoms with van der Waals surface area (Å²) in [4.78, 5) is 10.5. The molecule has 0 aromatic heterocycles. The molecule has 0 atom stereocenters. The Labute approximate surface area is 133 Å². The molecule has 5 nitrogen and oxygen atoms in total. The number of hydrogen-bond acceptors (Lipinski definition) is 3. The van der Waals surface area contributed by atoms with Crippen molar-refractivity contribution in [1.82, 2.24) is 10.0 Å². The summed E-state index contributed by atoms with van der Waals surface area (Å²) >= 11 is 0. The third-order valence-electron chi connectivity index (χ3n) is 3.51. The molecule has 0 unspecified atom stereocenters. The molecule has 2 N–H and O–H groups in total. The summed E-state index contributed by atoms with van der Waals surface area (Å²) in [6.45, 7) is -0.171. The van der Waals surface area contributed by atoms with Crippen molar-refractivity contribution in [3.8, 4) is 0 Å². The molecule has 0 fully saturated rings. The molecule has 2 rings (SSSR count). The fraction of sp³-hybridized carbons (Fsp3) is 0.400. The van der Waals surface area contributed by atoms with Crippen LogP contribution in [0.2, 0.25) is 0 Å². The highest BCUT2D eigenvalue weighted by Crippen LogP contribution is 2.20. The molecular formula is C15H18F2N2O3S. The van der Waals surface area contributed by atoms with Crippen molar-refractivity contribution in [1.29, 1.82) is 0 Å². The van der Waals surface area contributed by atoms with E-state index in [0.717, 1.165) is 43.9 Å². The molecule has 1 aliphatic rings. The summed E-state index contributed by atoms with van der Waals surface area (Å²) in [6.07, 6.45) is 6.06. The minimum absolute atomic E-state index is 0.403. The first-order chi connectivity index (χ1) is 10.9. The Kier molecular flexibility index (Phi) is 5.84. The highest BCUT2D eigenvalue weighted by Gasteiger charge is 2.24. The number of amides is 1. The zero-order valence-electron chi connectivity index (χ0n) is 12.4. The van der Waals surface area contributed by atoms with Crippen LogP contribution in [0.1, 0.15) is 25.7 Å². The summed E-state index contributed by atoms with van der Waals surface area (Å²) in [7, 11) is -4.43. The van der Waals surface area contributed by atoms with Crippen molar-refractivity contribution in [2.75, 3.05) is 13.1 Å². The Morgan fingerprint density at radius 1 is 1.22 bits per heavy atom. The first-order valence-corrected chi connectivity index (χ1v) is 8.77. The Balaban J connectivity index is 1.85. The fourth-order valence-electron chi connectivity index (χ4n) is 2.36. The lowest BCUT2D eigenvalue weighted by atomic mass is 10.2. The highest BCUT2D eigenvalue weighted by atomic mass is 32.2. The maximum Gasteiger partial charge on any atom is 0.246 e. The normalized spacial score (nSPS) is 14.6. The van der Waals surface area contributed by atoms with Gasteiger partial charge in [-0.1, -0.05) is 17.7 Å². The van der Waals surface area contributed by atoms with E-state index in [-0.39, 0.29) is 0 Å². The molecule has 0 radical (unpaired) electrons. The second-order valence-electron chi connectivity index (χ2n) is 5.23. The molecule has 0 spiro atoms. The van der Waals surface area contributed by atoms with Crippen molar-refractivity contribution in [3.05, 3.63) is 41.5 Å². The molecular weight excluding hydrogens is 326 g/mol. The van der Waals surface area contributed by atoms with Crippen LogP contribution >= 0.6 is 0 Å². The second-order valence-corrected chi connectivity index (χ2v) is 6.93. The van der Waals surface area contributed by atoms with E-state index >= 15 is 0 Å². The minimum Gasteiger partial charge on any atom is -0.355 e. The standard InChI is InChI=1S/C15H18F2N2O3S/c16-12-6-3-7-13(17)15(12)23(21,22)19-10-14(20)18-9-8-11-4-1-2-5-11/h3-4,6-7,19H,1-2,5,8-10H2,(H,18,20). The Morgan fingerprint density at radius 3 is 2.52 bits per heavy atom. The second kappa shape index (κ2) is 7.65. The van der Waals surface area contributed by atoms with Gasteiger partial charge in [0, 0.05) is 6.54 Å². The third-order valence-corrected chi connectivity index (χ3v) is 4.97. The van der Waals surface area contributed by atoms with Gasteiger partial charge in [0.1, 0.15) is 11.6 Å². The van der Waals surface area contributed by atoms with E-state index in [1.54, 1.807) is 0 Å². The highest BCUT2D eigenvalue weighted by molar-refractivity contribution is 7.89. The molecule has 126 valence electrons. The third kappa shape index (κ3) is 4.84. The SMILES string of the molecule is O=C(CNS(=O)(=O)c1c(F)cccc1F)NCCC1=CCCC1. The van der Waals surface area contributed by atoms with Crippen molar-refractivity contribution in [2.24, 2.45) is 0 Å². The number of carbonyl (C=O) groups is 1. The van der Waals surface area contributed by atoms with Crippen molar-refractivity contribution in [2.45, 2.75) is 30.6 Å². The maximum absolute atomic E-state index is 13.5. The topological polar surface area (TPSA) is 75.3 Å². The molecule has 0 heterocycles. The van der Waals surface area contributed by atoms with Gasteiger partial charge in [-0.15, -0.1) is 0 Å². The van der Waals surface area contributed by atoms with Gasteiger partial charge < -0.3 is 5.32 Å². The van der Waals surface area contributed by atoms with Gasteiger partial charge in [0.25, 0.3) is 0 Å². The van der Waals surface area contributed by atoms with E-state index in [4.69, 9.17) is 0 Å². The van der Waals surface area contributed by atoms with Crippen molar-refractivity contribution in [3.63, 3.8) is 0 Å². The van der Waals surface area contributed by atoms with E-state index in [1.165, 1.54) is 5.57 Å². The average molecular weight is 344 g/mol. The quantitative estimate of drug-likeness (QED) is 0.742. The lowest BCUT2D eigenvalue weighted by molar-refractivity contribution is -0.119. The molecule has 0 saturated carbocycles. The van der Waals surface area contributed by atoms with Crippen LogP contribution in [0.15, 0.2) is 34.7 Å². The average Bonchev–Trinajstić information content (AvgIpc) is 2.98. The van der Waals surface area contributed by atoms with Gasteiger partial charge in [-0.25, -0.2) is 21.9 Å². The fourth-order valence-corrected chi connectivity index (χ4v) is 3.48. The number of benzene rings is 1. The molecule has 0 bridgehead atoms. The summed E-state index contributed by atoms with van der Waals surface area (Å²) in [5, 5.41) is 2.57. The molecule has 8 heteroatoms. The van der Waals surface area contributed by atoms with Gasteiger partial charge in [-0.3, -0.25) is 4.79 Å². The van der Waals surface area contributed by atoms with E-state index < -0.39 is 39.0 Å². The number of halogens is 2. The molecule has 23 heavy (non-hydrogen) atoms. The Bertz CT molecular complexity index is 697. The van der Waals surface area contributed by atoms with Crippen LogP contribution < -0.4 is 10.0 Å². The number of carbonyl (C=O) groups excluding carboxylic acids is 1. The van der Waals surface area contributed by atoms with Gasteiger partial charge in [0.05, 0.1) is 6.54 Å². The number of allylic oxidation sites excluding steroid dienone is 1. The lowest BCUT2D eigenvalue weighted by Crippen LogP contribution is -2.37. The molecule has 1 amide bonds. The van der Waals surface area contributed by atoms with Gasteiger partial charge in [-0.2, -0.15) is 0 Å². The van der Waals surface area contributed by atoms with Crippen LogP contribution in [0.25, 0.3) is 0 Å². The molecule has 0 aliphatic heterocycles. The molecule has 1 aliphatic carbocycles. The van der Waals surface area contributed by atoms with Crippen molar-refractivity contribution >= 4 is 15.9 Å². The van der Waals surface area contributed by atoms with Crippen LogP contribution in [0, 0.1) is 11.6 Å². The minimum atomic E-state index is -4.43. The van der Waals surface area contributed by atoms with E-state index in [9.17, 15) is 22.0 Å². The summed E-state index contributed by atoms with van der Waals surface area (Å²) in [6, 6.07) is 2.74. The van der Waals surface area contributed by atoms with Gasteiger partial charge >= 0.3 is 0 Å². The number of rotatable bonds is 7. The van der Waals surface area contributed by atoms with E-state index in [0.29, 0.717) is 6.54 Å². The van der Waals surface area contributed by atoms with E-state index in [2.05, 4.69) is 11.4 Å². The molecule has 1 aromatic carbocycles. The monoisotopic (exact) mass is 344 g/mol. The van der Waals surface area contributed by atoms with E-state index in [1.807, 2.05) is 4.72 Å². The molecule has 0 saturated heterocycles. The van der Waals surface area contributed by atoms with Crippen LogP contribution in [0.5, 0.6) is 0 Å². The summed E-state index contributed by atoms with van der Waals surface area (Å²) in [5.74, 6) is -2.96. The van der Waals surface area contributed by atoms with Crippen LogP contribution in [-0.2, 0) is 14.8 Å². The Morgan fingerprint density at radius 2 is 1.91 bits per heavy atom. The number of nitrogens with one attached hydrogen (secondary N) is 2. The van der Waals surface area contributed by atoms with Gasteiger partial charge in [-0.05, 0) is 37.8 Å². The zero-order chi connectivity index (χ0) is 16.9. The lowest BCUT2D eigenvalue weighted by Gasteiger charge is -2.09. The van der Waals surface area contributed by atoms with Crippen LogP contribution in [0.3, 0.4) is 0 Å². The smallest absolute Gasteiger partial charge is 0.246 e. The maximum atomic E-state index is 13.5. The van der Waals surface area contributed by atoms with Crippen molar-refractivity contribution < 1.29 is 22.0 Å². The van der Waals surface area contributed by atoms with Gasteiger partial charge in [0.2, 0.25) is 15.9 Å².